The number of imidazole rings is 1. The molecule has 4 aromatic rings. The molecule has 0 fully saturated rings. The lowest BCUT2D eigenvalue weighted by molar-refractivity contribution is 0.418. The quantitative estimate of drug-likeness (QED) is 0.611. The number of aromatic nitrogens is 4. The minimum Gasteiger partial charge on any atom is -0.451 e. The average Bonchev–Trinajstić information content (AvgIpc) is 3.18. The molecule has 8 heteroatoms. The van der Waals surface area contributed by atoms with E-state index in [1.165, 1.54) is 6.07 Å². The second kappa shape index (κ2) is 4.81. The predicted molar refractivity (Wildman–Crippen MR) is 78.4 cm³/mol. The Balaban J connectivity index is 1.86. The maximum Gasteiger partial charge on any atom is 0.294 e. The van der Waals surface area contributed by atoms with Crippen molar-refractivity contribution in [3.63, 3.8) is 0 Å². The zero-order valence-electron chi connectivity index (χ0n) is 10.9. The van der Waals surface area contributed by atoms with Crippen LogP contribution in [0.25, 0.3) is 34.3 Å². The maximum absolute atomic E-state index is 12.1. The number of nitrogens with zero attached hydrogens (tertiary/aromatic N) is 3. The second-order valence-electron chi connectivity index (χ2n) is 4.48. The highest BCUT2D eigenvalue weighted by Crippen LogP contribution is 2.24. The van der Waals surface area contributed by atoms with Crippen molar-refractivity contribution in [3.8, 4) is 23.3 Å². The van der Waals surface area contributed by atoms with Crippen molar-refractivity contribution in [2.75, 3.05) is 0 Å². The molecule has 0 radical (unpaired) electrons. The van der Waals surface area contributed by atoms with Crippen LogP contribution in [-0.4, -0.2) is 20.1 Å². The number of hydrogen-bond donors (Lipinski definition) is 1. The van der Waals surface area contributed by atoms with Gasteiger partial charge in [0.25, 0.3) is 5.89 Å². The molecule has 0 aliphatic heterocycles. The highest BCUT2D eigenvalue weighted by Gasteiger charge is 2.16. The normalized spacial score (nSPS) is 11.1. The Hall–Kier alpha value is -2.93. The molecule has 0 aliphatic rings. The minimum absolute atomic E-state index is 0.0883. The van der Waals surface area contributed by atoms with Gasteiger partial charge in [-0.2, -0.15) is 4.98 Å². The largest absolute Gasteiger partial charge is 0.451 e. The smallest absolute Gasteiger partial charge is 0.294 e. The van der Waals surface area contributed by atoms with Gasteiger partial charge in [-0.3, -0.25) is 4.79 Å². The summed E-state index contributed by atoms with van der Waals surface area (Å²) in [5.41, 5.74) is 0.137. The summed E-state index contributed by atoms with van der Waals surface area (Å²) < 4.78 is 10.8. The van der Waals surface area contributed by atoms with E-state index in [0.717, 1.165) is 0 Å². The molecule has 0 aliphatic carbocycles. The van der Waals surface area contributed by atoms with Gasteiger partial charge in [0.05, 0.1) is 5.39 Å². The van der Waals surface area contributed by atoms with Crippen LogP contribution in [0, 0.1) is 0 Å². The van der Waals surface area contributed by atoms with Crippen molar-refractivity contribution in [3.05, 3.63) is 51.9 Å². The standard InChI is InChI=1S/C14H7ClN4O3/c15-7-1-2-8-9(20)6-11(21-10(8)5-7)14-18-13(19-22-14)12-16-3-4-17-12/h1-6H,(H,16,17). The Labute approximate surface area is 127 Å². The molecule has 0 saturated heterocycles. The zero-order valence-corrected chi connectivity index (χ0v) is 11.7. The Morgan fingerprint density at radius 3 is 2.95 bits per heavy atom. The van der Waals surface area contributed by atoms with Crippen molar-refractivity contribution in [1.29, 1.82) is 0 Å². The second-order valence-corrected chi connectivity index (χ2v) is 4.91. The highest BCUT2D eigenvalue weighted by atomic mass is 35.5. The highest BCUT2D eigenvalue weighted by molar-refractivity contribution is 6.31. The molecular weight excluding hydrogens is 308 g/mol. The number of benzene rings is 1. The van der Waals surface area contributed by atoms with Crippen LogP contribution in [0.4, 0.5) is 0 Å². The average molecular weight is 315 g/mol. The van der Waals surface area contributed by atoms with Gasteiger partial charge in [-0.15, -0.1) is 0 Å². The first-order chi connectivity index (χ1) is 10.7. The fourth-order valence-electron chi connectivity index (χ4n) is 2.04. The molecule has 0 amide bonds. The molecule has 3 heterocycles. The molecule has 4 rings (SSSR count). The van der Waals surface area contributed by atoms with E-state index in [1.807, 2.05) is 0 Å². The fraction of sp³-hybridized carbons (Fsp3) is 0. The summed E-state index contributed by atoms with van der Waals surface area (Å²) in [6.07, 6.45) is 3.22. The van der Waals surface area contributed by atoms with Crippen molar-refractivity contribution >= 4 is 22.6 Å². The van der Waals surface area contributed by atoms with Gasteiger partial charge in [-0.25, -0.2) is 4.98 Å². The summed E-state index contributed by atoms with van der Waals surface area (Å²) in [6, 6.07) is 6.10. The van der Waals surface area contributed by atoms with Gasteiger partial charge in [-0.1, -0.05) is 16.8 Å². The zero-order chi connectivity index (χ0) is 15.1. The Kier molecular flexibility index (Phi) is 2.80. The van der Waals surface area contributed by atoms with Gasteiger partial charge in [0.1, 0.15) is 5.58 Å². The summed E-state index contributed by atoms with van der Waals surface area (Å²) in [7, 11) is 0. The SMILES string of the molecule is O=c1cc(-c2nc(-c3ncc[nH]3)no2)oc2cc(Cl)ccc12. The maximum atomic E-state index is 12.1. The van der Waals surface area contributed by atoms with E-state index in [0.29, 0.717) is 21.8 Å². The minimum atomic E-state index is -0.217. The third-order valence-electron chi connectivity index (χ3n) is 3.04. The van der Waals surface area contributed by atoms with Gasteiger partial charge < -0.3 is 13.9 Å². The molecule has 0 saturated carbocycles. The van der Waals surface area contributed by atoms with Crippen molar-refractivity contribution in [1.82, 2.24) is 20.1 Å². The monoisotopic (exact) mass is 314 g/mol. The summed E-state index contributed by atoms with van der Waals surface area (Å²) in [5, 5.41) is 4.69. The van der Waals surface area contributed by atoms with Crippen LogP contribution in [0.2, 0.25) is 5.02 Å². The molecule has 0 atom stereocenters. The lowest BCUT2D eigenvalue weighted by Gasteiger charge is -1.99. The van der Waals surface area contributed by atoms with Crippen LogP contribution in [0.5, 0.6) is 0 Å². The van der Waals surface area contributed by atoms with E-state index < -0.39 is 0 Å². The predicted octanol–water partition coefficient (Wildman–Crippen LogP) is 2.89. The van der Waals surface area contributed by atoms with Crippen molar-refractivity contribution in [2.45, 2.75) is 0 Å². The molecule has 0 spiro atoms. The molecule has 0 unspecified atom stereocenters. The molecule has 108 valence electrons. The van der Waals surface area contributed by atoms with Gasteiger partial charge in [0.2, 0.25) is 5.82 Å². The number of aromatic amines is 1. The van der Waals surface area contributed by atoms with Crippen LogP contribution >= 0.6 is 11.6 Å². The van der Waals surface area contributed by atoms with Crippen LogP contribution in [0.3, 0.4) is 0 Å². The van der Waals surface area contributed by atoms with E-state index in [1.54, 1.807) is 30.6 Å². The van der Waals surface area contributed by atoms with E-state index >= 15 is 0 Å². The first-order valence-electron chi connectivity index (χ1n) is 6.28. The topological polar surface area (TPSA) is 97.8 Å². The van der Waals surface area contributed by atoms with E-state index in [4.69, 9.17) is 20.5 Å². The van der Waals surface area contributed by atoms with Gasteiger partial charge in [0.15, 0.2) is 17.0 Å². The lowest BCUT2D eigenvalue weighted by atomic mass is 10.2. The Morgan fingerprint density at radius 2 is 2.14 bits per heavy atom. The fourth-order valence-corrected chi connectivity index (χ4v) is 2.20. The van der Waals surface area contributed by atoms with E-state index in [-0.39, 0.29) is 22.9 Å². The molecular formula is C14H7ClN4O3. The first kappa shape index (κ1) is 12.8. The molecule has 22 heavy (non-hydrogen) atoms. The van der Waals surface area contributed by atoms with Crippen LogP contribution in [-0.2, 0) is 0 Å². The van der Waals surface area contributed by atoms with Crippen LogP contribution in [0.15, 0.2) is 50.4 Å². The van der Waals surface area contributed by atoms with Gasteiger partial charge in [-0.05, 0) is 12.1 Å². The first-order valence-corrected chi connectivity index (χ1v) is 6.66. The van der Waals surface area contributed by atoms with E-state index in [2.05, 4.69) is 20.1 Å². The summed E-state index contributed by atoms with van der Waals surface area (Å²) in [4.78, 5) is 23.1. The summed E-state index contributed by atoms with van der Waals surface area (Å²) >= 11 is 5.92. The van der Waals surface area contributed by atoms with E-state index in [9.17, 15) is 4.79 Å². The van der Waals surface area contributed by atoms with Crippen LogP contribution in [0.1, 0.15) is 0 Å². The third kappa shape index (κ3) is 2.08. The summed E-state index contributed by atoms with van der Waals surface area (Å²) in [5.74, 6) is 0.991. The van der Waals surface area contributed by atoms with Crippen molar-refractivity contribution in [2.24, 2.45) is 0 Å². The molecule has 3 aromatic heterocycles. The van der Waals surface area contributed by atoms with Gasteiger partial charge in [0, 0.05) is 29.5 Å². The number of hydrogen-bond acceptors (Lipinski definition) is 6. The Bertz CT molecular complexity index is 1020. The number of H-pyrrole nitrogens is 1. The lowest BCUT2D eigenvalue weighted by Crippen LogP contribution is -2.00. The number of fused-ring (bicyclic) bond motifs is 1. The number of halogens is 1. The molecule has 7 nitrogen and oxygen atoms in total. The number of nitrogens with one attached hydrogen (secondary N) is 1. The van der Waals surface area contributed by atoms with Gasteiger partial charge >= 0.3 is 0 Å². The molecule has 1 N–H and O–H groups in total. The van der Waals surface area contributed by atoms with Crippen molar-refractivity contribution < 1.29 is 8.94 Å². The Morgan fingerprint density at radius 1 is 1.23 bits per heavy atom. The third-order valence-corrected chi connectivity index (χ3v) is 3.27. The molecule has 1 aromatic carbocycles. The molecule has 0 bridgehead atoms. The van der Waals surface area contributed by atoms with Crippen LogP contribution < -0.4 is 5.43 Å². The number of rotatable bonds is 2. The summed E-state index contributed by atoms with van der Waals surface area (Å²) in [6.45, 7) is 0.